The predicted molar refractivity (Wildman–Crippen MR) is 140 cm³/mol. The first-order valence-electron chi connectivity index (χ1n) is 13.0. The van der Waals surface area contributed by atoms with Crippen molar-refractivity contribution in [2.75, 3.05) is 6.61 Å². The van der Waals surface area contributed by atoms with Crippen molar-refractivity contribution in [3.63, 3.8) is 0 Å². The number of ether oxygens (including phenoxy) is 6. The summed E-state index contributed by atoms with van der Waals surface area (Å²) >= 11 is 0. The van der Waals surface area contributed by atoms with Crippen molar-refractivity contribution in [1.82, 2.24) is 0 Å². The Kier molecular flexibility index (Phi) is 8.99. The van der Waals surface area contributed by atoms with Crippen molar-refractivity contribution in [3.05, 3.63) is 58.1 Å². The maximum absolute atomic E-state index is 13.4. The van der Waals surface area contributed by atoms with E-state index in [1.165, 1.54) is 18.2 Å². The van der Waals surface area contributed by atoms with Crippen LogP contribution in [0.2, 0.25) is 0 Å². The Morgan fingerprint density at radius 2 is 1.30 bits per heavy atom. The molecule has 1 heterocycles. The third kappa shape index (κ3) is 6.36. The number of phenols is 2. The SMILES string of the molecule is CC(=O)OC[C@@H]1O[C@@H](OC(=O)c2cc(O)c3c(c2)C(=O)c2cccc(O)c2C3=O)[C@@H](OC(C)=O)[C@H](OC(C)=O)[C@@H]1OC(C)=O. The molecule has 1 aliphatic carbocycles. The van der Waals surface area contributed by atoms with Crippen LogP contribution >= 0.6 is 0 Å². The van der Waals surface area contributed by atoms with E-state index >= 15 is 0 Å². The van der Waals surface area contributed by atoms with Gasteiger partial charge in [-0.1, -0.05) is 12.1 Å². The van der Waals surface area contributed by atoms with E-state index in [1.807, 2.05) is 0 Å². The molecule has 2 N–H and O–H groups in total. The van der Waals surface area contributed by atoms with Crippen LogP contribution in [-0.4, -0.2) is 88.9 Å². The molecule has 0 aromatic heterocycles. The highest BCUT2D eigenvalue weighted by Gasteiger charge is 2.54. The lowest BCUT2D eigenvalue weighted by molar-refractivity contribution is -0.294. The Balaban J connectivity index is 1.72. The molecule has 2 aromatic carbocycles. The monoisotopic (exact) mass is 614 g/mol. The molecule has 0 amide bonds. The van der Waals surface area contributed by atoms with E-state index < -0.39 is 101 Å². The van der Waals surface area contributed by atoms with Crippen molar-refractivity contribution < 1.29 is 72.2 Å². The summed E-state index contributed by atoms with van der Waals surface area (Å²) in [6.07, 6.45) is -8.12. The molecule has 4 rings (SSSR count). The van der Waals surface area contributed by atoms with Crippen molar-refractivity contribution >= 4 is 41.4 Å². The van der Waals surface area contributed by atoms with Crippen molar-refractivity contribution in [2.45, 2.75) is 58.4 Å². The zero-order chi connectivity index (χ0) is 32.5. The zero-order valence-corrected chi connectivity index (χ0v) is 23.7. The van der Waals surface area contributed by atoms with Gasteiger partial charge in [-0.05, 0) is 18.2 Å². The van der Waals surface area contributed by atoms with Crippen LogP contribution in [0.1, 0.15) is 69.9 Å². The van der Waals surface area contributed by atoms with Gasteiger partial charge >= 0.3 is 29.8 Å². The number of rotatable bonds is 7. The maximum Gasteiger partial charge on any atom is 0.340 e. The van der Waals surface area contributed by atoms with Gasteiger partial charge in [0.25, 0.3) is 0 Å². The molecular weight excluding hydrogens is 588 g/mol. The first kappa shape index (κ1) is 31.6. The normalized spacial score (nSPS) is 22.1. The molecule has 5 atom stereocenters. The first-order valence-corrected chi connectivity index (χ1v) is 13.0. The Labute approximate surface area is 248 Å². The summed E-state index contributed by atoms with van der Waals surface area (Å²) in [6.45, 7) is 3.55. The molecule has 0 bridgehead atoms. The summed E-state index contributed by atoms with van der Waals surface area (Å²) in [4.78, 5) is 87.0. The average Bonchev–Trinajstić information content (AvgIpc) is 2.92. The summed E-state index contributed by atoms with van der Waals surface area (Å²) in [5.74, 6) is -7.60. The maximum atomic E-state index is 13.4. The number of hydrogen-bond acceptors (Lipinski definition) is 15. The summed E-state index contributed by atoms with van der Waals surface area (Å²) in [5, 5.41) is 20.8. The number of phenolic OH excluding ortho intramolecular Hbond substituents is 2. The molecule has 0 radical (unpaired) electrons. The minimum absolute atomic E-state index is 0.160. The van der Waals surface area contributed by atoms with Crippen LogP contribution in [0.5, 0.6) is 11.5 Å². The fourth-order valence-corrected chi connectivity index (χ4v) is 4.86. The second-order valence-electron chi connectivity index (χ2n) is 9.75. The number of carbonyl (C=O) groups is 7. The van der Waals surface area contributed by atoms with E-state index in [-0.39, 0.29) is 16.7 Å². The van der Waals surface area contributed by atoms with Gasteiger partial charge < -0.3 is 38.6 Å². The molecule has 0 spiro atoms. The molecular formula is C29H26O15. The third-order valence-electron chi connectivity index (χ3n) is 6.51. The minimum Gasteiger partial charge on any atom is -0.507 e. The number of fused-ring (bicyclic) bond motifs is 2. The molecule has 15 nitrogen and oxygen atoms in total. The van der Waals surface area contributed by atoms with Crippen molar-refractivity contribution in [3.8, 4) is 11.5 Å². The van der Waals surface area contributed by atoms with E-state index in [2.05, 4.69) is 0 Å². The lowest BCUT2D eigenvalue weighted by Gasteiger charge is -2.43. The van der Waals surface area contributed by atoms with Gasteiger partial charge in [-0.2, -0.15) is 0 Å². The van der Waals surface area contributed by atoms with E-state index in [9.17, 15) is 43.8 Å². The molecule has 44 heavy (non-hydrogen) atoms. The molecule has 2 aromatic rings. The minimum atomic E-state index is -1.88. The number of hydrogen-bond donors (Lipinski definition) is 2. The molecule has 0 unspecified atom stereocenters. The fourth-order valence-electron chi connectivity index (χ4n) is 4.86. The second kappa shape index (κ2) is 12.5. The molecule has 15 heteroatoms. The standard InChI is InChI=1S/C29H26O15/c1-11(30)39-10-20-25(40-12(2)31)26(41-13(3)32)27(42-14(4)33)29(43-20)44-28(38)15-8-17-22(19(35)9-15)24(37)21-16(23(17)36)6-5-7-18(21)34/h5-9,20,25-27,29,34-35H,10H2,1-4H3/t20-,25+,26+,27-,29-/m0/s1. The Bertz CT molecular complexity index is 1570. The molecule has 2 aliphatic rings. The van der Waals surface area contributed by atoms with Gasteiger partial charge in [0.05, 0.1) is 16.7 Å². The van der Waals surface area contributed by atoms with Crippen LogP contribution in [0.3, 0.4) is 0 Å². The number of benzene rings is 2. The predicted octanol–water partition coefficient (Wildman–Crippen LogP) is 1.11. The van der Waals surface area contributed by atoms with E-state index in [0.29, 0.717) is 0 Å². The van der Waals surface area contributed by atoms with Gasteiger partial charge in [-0.3, -0.25) is 28.8 Å². The quantitative estimate of drug-likeness (QED) is 0.282. The Morgan fingerprint density at radius 3 is 1.91 bits per heavy atom. The van der Waals surface area contributed by atoms with Crippen LogP contribution < -0.4 is 0 Å². The first-order chi connectivity index (χ1) is 20.7. The second-order valence-corrected chi connectivity index (χ2v) is 9.75. The van der Waals surface area contributed by atoms with Crippen molar-refractivity contribution in [1.29, 1.82) is 0 Å². The molecule has 232 valence electrons. The highest BCUT2D eigenvalue weighted by atomic mass is 16.7. The number of esters is 5. The highest BCUT2D eigenvalue weighted by Crippen LogP contribution is 2.38. The summed E-state index contributed by atoms with van der Waals surface area (Å²) in [7, 11) is 0. The van der Waals surface area contributed by atoms with Crippen LogP contribution in [-0.2, 0) is 47.6 Å². The molecule has 1 saturated heterocycles. The molecule has 0 saturated carbocycles. The van der Waals surface area contributed by atoms with Gasteiger partial charge in [-0.15, -0.1) is 0 Å². The van der Waals surface area contributed by atoms with Crippen LogP contribution in [0, 0.1) is 0 Å². The van der Waals surface area contributed by atoms with Gasteiger partial charge in [0.1, 0.15) is 24.2 Å². The fraction of sp³-hybridized carbons (Fsp3) is 0.345. The van der Waals surface area contributed by atoms with E-state index in [0.717, 1.165) is 39.8 Å². The number of aromatic hydroxyl groups is 2. The zero-order valence-electron chi connectivity index (χ0n) is 23.7. The summed E-state index contributed by atoms with van der Waals surface area (Å²) in [6, 6.07) is 5.65. The lowest BCUT2D eigenvalue weighted by Crippen LogP contribution is -2.63. The van der Waals surface area contributed by atoms with Crippen LogP contribution in [0.4, 0.5) is 0 Å². The number of carbonyl (C=O) groups excluding carboxylic acids is 7. The lowest BCUT2D eigenvalue weighted by atomic mass is 9.82. The van der Waals surface area contributed by atoms with Crippen LogP contribution in [0.25, 0.3) is 0 Å². The van der Waals surface area contributed by atoms with E-state index in [4.69, 9.17) is 28.4 Å². The van der Waals surface area contributed by atoms with Gasteiger partial charge in [0.2, 0.25) is 18.2 Å². The highest BCUT2D eigenvalue weighted by molar-refractivity contribution is 6.30. The third-order valence-corrected chi connectivity index (χ3v) is 6.51. The summed E-state index contributed by atoms with van der Waals surface area (Å²) < 4.78 is 31.9. The van der Waals surface area contributed by atoms with Gasteiger partial charge in [0, 0.05) is 38.8 Å². The van der Waals surface area contributed by atoms with Gasteiger partial charge in [-0.25, -0.2) is 4.79 Å². The summed E-state index contributed by atoms with van der Waals surface area (Å²) in [5.41, 5.74) is -1.73. The van der Waals surface area contributed by atoms with Crippen molar-refractivity contribution in [2.24, 2.45) is 0 Å². The smallest absolute Gasteiger partial charge is 0.340 e. The Morgan fingerprint density at radius 1 is 0.705 bits per heavy atom. The number of ketones is 2. The van der Waals surface area contributed by atoms with E-state index in [1.54, 1.807) is 0 Å². The largest absolute Gasteiger partial charge is 0.507 e. The topological polar surface area (TPSA) is 215 Å². The molecule has 1 fully saturated rings. The van der Waals surface area contributed by atoms with Crippen LogP contribution in [0.15, 0.2) is 30.3 Å². The van der Waals surface area contributed by atoms with Gasteiger partial charge in [0.15, 0.2) is 18.0 Å². The Hall–Kier alpha value is -5.31. The molecule has 1 aliphatic heterocycles. The average molecular weight is 615 g/mol.